The molecule has 0 aliphatic carbocycles. The van der Waals surface area contributed by atoms with Gasteiger partial charge >= 0.3 is 0 Å². The largest absolute Gasteiger partial charge is 0.405 e. The maximum Gasteiger partial charge on any atom is 0.133 e. The van der Waals surface area contributed by atoms with Gasteiger partial charge in [0.15, 0.2) is 0 Å². The third-order valence-electron chi connectivity index (χ3n) is 0.347. The fourth-order valence-electron chi connectivity index (χ4n) is 0.169. The molecule has 1 heterocycles. The second-order valence-electron chi connectivity index (χ2n) is 0.710. The van der Waals surface area contributed by atoms with E-state index in [0.717, 1.165) is 8.52 Å². The zero-order valence-electron chi connectivity index (χ0n) is 2.96. The molecule has 0 aromatic heterocycles. The molecule has 32 valence electrons. The third-order valence-corrected chi connectivity index (χ3v) is 0.783. The van der Waals surface area contributed by atoms with Crippen LogP contribution in [0.4, 0.5) is 0 Å². The minimum Gasteiger partial charge on any atom is -0.405 e. The summed E-state index contributed by atoms with van der Waals surface area (Å²) in [5.74, 6) is 0. The Hall–Kier alpha value is -0.400. The van der Waals surface area contributed by atoms with E-state index in [1.165, 1.54) is 6.26 Å². The van der Waals surface area contributed by atoms with Gasteiger partial charge in [0, 0.05) is 0 Å². The minimum atomic E-state index is 0.764. The van der Waals surface area contributed by atoms with Crippen molar-refractivity contribution in [1.82, 2.24) is 5.25 Å². The first-order valence-electron chi connectivity index (χ1n) is 1.45. The van der Waals surface area contributed by atoms with Gasteiger partial charge in [-0.1, -0.05) is 5.25 Å². The predicted molar refractivity (Wildman–Crippen MR) is 22.7 cm³/mol. The van der Waals surface area contributed by atoms with Crippen molar-refractivity contribution in [1.29, 1.82) is 0 Å². The Kier molecular flexibility index (Phi) is 1.20. The highest BCUT2D eigenvalue weighted by atomic mass is 31.1. The van der Waals surface area contributed by atoms with Gasteiger partial charge in [0.2, 0.25) is 0 Å². The van der Waals surface area contributed by atoms with E-state index in [1.807, 2.05) is 0 Å². The molecule has 0 atom stereocenters. The summed E-state index contributed by atoms with van der Waals surface area (Å²) in [6.07, 6.45) is 3.08. The molecule has 1 N–H and O–H groups in total. The van der Waals surface area contributed by atoms with Crippen LogP contribution in [0.15, 0.2) is 17.2 Å². The predicted octanol–water partition coefficient (Wildman–Crippen LogP) is 1.04. The summed E-state index contributed by atoms with van der Waals surface area (Å²) in [6, 6.07) is 0. The van der Waals surface area contributed by atoms with Gasteiger partial charge in [0.1, 0.15) is 14.8 Å². The lowest BCUT2D eigenvalue weighted by Gasteiger charge is -1.93. The van der Waals surface area contributed by atoms with Crippen molar-refractivity contribution in [2.75, 3.05) is 0 Å². The summed E-state index contributed by atoms with van der Waals surface area (Å²) in [5.41, 5.74) is 0. The first-order chi connectivity index (χ1) is 3.00. The van der Waals surface area contributed by atoms with E-state index < -0.39 is 0 Å². The molecule has 0 aromatic rings. The molecule has 4 heteroatoms. The molecule has 1 aliphatic heterocycles. The Bertz CT molecular complexity index is 77.5. The normalized spacial score (nSPS) is 20.0. The lowest BCUT2D eigenvalue weighted by atomic mass is 11.0. The van der Waals surface area contributed by atoms with E-state index in [2.05, 4.69) is 14.8 Å². The van der Waals surface area contributed by atoms with Gasteiger partial charge in [-0.05, 0) is 0 Å². The average molecular weight is 102 g/mol. The lowest BCUT2D eigenvalue weighted by molar-refractivity contribution is 0.209. The second-order valence-corrected chi connectivity index (χ2v) is 1.32. The van der Waals surface area contributed by atoms with Gasteiger partial charge in [0.25, 0.3) is 0 Å². The fourth-order valence-corrected chi connectivity index (χ4v) is 0.445. The molecule has 6 heavy (non-hydrogen) atoms. The molecule has 1 rings (SSSR count). The van der Waals surface area contributed by atoms with Crippen LogP contribution in [0.3, 0.4) is 0 Å². The third kappa shape index (κ3) is 0.776. The molecule has 0 fully saturated rings. The summed E-state index contributed by atoms with van der Waals surface area (Å²) in [7, 11) is 0.764. The molecule has 0 amide bonds. The van der Waals surface area contributed by atoms with Crippen LogP contribution < -0.4 is 5.25 Å². The zero-order valence-corrected chi connectivity index (χ0v) is 3.85. The Morgan fingerprint density at radius 1 is 1.83 bits per heavy atom. The van der Waals surface area contributed by atoms with Gasteiger partial charge in [-0.15, -0.1) is 0 Å². The SMILES string of the molecule is C1=CONP=N1. The minimum absolute atomic E-state index is 0.764. The van der Waals surface area contributed by atoms with Crippen molar-refractivity contribution >= 4 is 8.52 Å². The van der Waals surface area contributed by atoms with Crippen LogP contribution >= 0.6 is 8.52 Å². The molecular weight excluding hydrogens is 99.0 g/mol. The molecule has 0 saturated carbocycles. The van der Waals surface area contributed by atoms with E-state index in [4.69, 9.17) is 0 Å². The molecule has 3 nitrogen and oxygen atoms in total. The second kappa shape index (κ2) is 1.90. The van der Waals surface area contributed by atoms with E-state index in [-0.39, 0.29) is 0 Å². The molecule has 0 unspecified atom stereocenters. The first-order valence-corrected chi connectivity index (χ1v) is 2.30. The number of rotatable bonds is 0. The number of hydrogen-bond donors (Lipinski definition) is 1. The van der Waals surface area contributed by atoms with E-state index in [9.17, 15) is 0 Å². The zero-order chi connectivity index (χ0) is 4.24. The summed E-state index contributed by atoms with van der Waals surface area (Å²) in [6.45, 7) is 0. The van der Waals surface area contributed by atoms with Gasteiger partial charge in [-0.25, -0.2) is 4.74 Å². The standard InChI is InChI=1S/C2H3N2OP/c1-2-5-4-6-3-1/h1-2H,(H,3,4). The van der Waals surface area contributed by atoms with Crippen molar-refractivity contribution < 1.29 is 4.84 Å². The number of nitrogens with one attached hydrogen (secondary N) is 1. The molecule has 0 aromatic carbocycles. The average Bonchev–Trinajstić information content (AvgIpc) is 1.72. The van der Waals surface area contributed by atoms with Crippen molar-refractivity contribution in [3.63, 3.8) is 0 Å². The van der Waals surface area contributed by atoms with E-state index >= 15 is 0 Å². The summed E-state index contributed by atoms with van der Waals surface area (Å²) < 4.78 is 3.73. The van der Waals surface area contributed by atoms with Crippen LogP contribution in [0.1, 0.15) is 0 Å². The van der Waals surface area contributed by atoms with Crippen LogP contribution in [-0.4, -0.2) is 0 Å². The monoisotopic (exact) mass is 102 g/mol. The van der Waals surface area contributed by atoms with Crippen LogP contribution in [0.25, 0.3) is 0 Å². The summed E-state index contributed by atoms with van der Waals surface area (Å²) in [4.78, 5) is 4.53. The molecule has 0 saturated heterocycles. The van der Waals surface area contributed by atoms with Crippen molar-refractivity contribution in [2.24, 2.45) is 4.74 Å². The van der Waals surface area contributed by atoms with Gasteiger partial charge in [-0.3, -0.25) is 0 Å². The Balaban J connectivity index is 2.46. The first kappa shape index (κ1) is 3.78. The Morgan fingerprint density at radius 3 is 3.00 bits per heavy atom. The maximum absolute atomic E-state index is 4.53. The van der Waals surface area contributed by atoms with Crippen LogP contribution in [0.2, 0.25) is 0 Å². The lowest BCUT2D eigenvalue weighted by Crippen LogP contribution is -1.93. The highest BCUT2D eigenvalue weighted by molar-refractivity contribution is 7.24. The van der Waals surface area contributed by atoms with Gasteiger partial charge < -0.3 is 4.84 Å². The molecule has 0 spiro atoms. The van der Waals surface area contributed by atoms with Crippen LogP contribution in [-0.2, 0) is 4.84 Å². The van der Waals surface area contributed by atoms with Gasteiger partial charge in [0.05, 0.1) is 6.20 Å². The van der Waals surface area contributed by atoms with Crippen LogP contribution in [0, 0.1) is 0 Å². The maximum atomic E-state index is 4.53. The smallest absolute Gasteiger partial charge is 0.133 e. The van der Waals surface area contributed by atoms with Crippen molar-refractivity contribution in [2.45, 2.75) is 0 Å². The number of hydrogen-bond acceptors (Lipinski definition) is 3. The van der Waals surface area contributed by atoms with Gasteiger partial charge in [-0.2, -0.15) is 0 Å². The van der Waals surface area contributed by atoms with Crippen LogP contribution in [0.5, 0.6) is 0 Å². The quantitative estimate of drug-likeness (QED) is 0.463. The molecule has 1 aliphatic rings. The molecule has 0 bridgehead atoms. The van der Waals surface area contributed by atoms with E-state index in [1.54, 1.807) is 6.20 Å². The topological polar surface area (TPSA) is 33.6 Å². The van der Waals surface area contributed by atoms with E-state index in [0.29, 0.717) is 0 Å². The molecule has 0 radical (unpaired) electrons. The fraction of sp³-hybridized carbons (Fsp3) is 0. The van der Waals surface area contributed by atoms with Crippen molar-refractivity contribution in [3.8, 4) is 0 Å². The Labute approximate surface area is 36.9 Å². The van der Waals surface area contributed by atoms with Crippen molar-refractivity contribution in [3.05, 3.63) is 12.5 Å². The number of nitrogens with zero attached hydrogens (tertiary/aromatic N) is 1. The Morgan fingerprint density at radius 2 is 2.83 bits per heavy atom. The molecular formula is C2H3N2OP. The highest BCUT2D eigenvalue weighted by Crippen LogP contribution is 1.97. The summed E-state index contributed by atoms with van der Waals surface area (Å²) in [5, 5.41) is 2.50. The summed E-state index contributed by atoms with van der Waals surface area (Å²) >= 11 is 0. The highest BCUT2D eigenvalue weighted by Gasteiger charge is 1.76.